The lowest BCUT2D eigenvalue weighted by molar-refractivity contribution is -0.132. The van der Waals surface area contributed by atoms with Crippen LogP contribution in [0.25, 0.3) is 10.9 Å². The van der Waals surface area contributed by atoms with Crippen molar-refractivity contribution in [2.24, 2.45) is 7.05 Å². The van der Waals surface area contributed by atoms with Crippen molar-refractivity contribution in [2.75, 3.05) is 0 Å². The number of benzene rings is 1. The van der Waals surface area contributed by atoms with Crippen molar-refractivity contribution < 1.29 is 14.6 Å². The van der Waals surface area contributed by atoms with E-state index >= 15 is 0 Å². The molecule has 1 aromatic heterocycles. The van der Waals surface area contributed by atoms with Gasteiger partial charge in [0.25, 0.3) is 5.56 Å². The van der Waals surface area contributed by atoms with E-state index in [-0.39, 0.29) is 10.4 Å². The van der Waals surface area contributed by atoms with Crippen LogP contribution in [0.1, 0.15) is 6.92 Å². The van der Waals surface area contributed by atoms with Gasteiger partial charge in [-0.3, -0.25) is 9.59 Å². The number of carbonyl (C=O) groups is 1. The Morgan fingerprint density at radius 1 is 1.44 bits per heavy atom. The number of aromatic hydroxyl groups is 1. The third-order valence-electron chi connectivity index (χ3n) is 2.55. The number of halogens is 1. The molecular formula is C12H10ClNO4. The Morgan fingerprint density at radius 3 is 2.72 bits per heavy atom. The largest absolute Gasteiger partial charge is 0.504 e. The average molecular weight is 268 g/mol. The monoisotopic (exact) mass is 267 g/mol. The molecule has 18 heavy (non-hydrogen) atoms. The molecule has 1 heterocycles. The minimum atomic E-state index is -0.686. The molecule has 2 aromatic rings. The molecule has 0 saturated heterocycles. The minimum Gasteiger partial charge on any atom is -0.504 e. The van der Waals surface area contributed by atoms with Gasteiger partial charge in [-0.25, -0.2) is 0 Å². The molecule has 0 radical (unpaired) electrons. The van der Waals surface area contributed by atoms with Crippen LogP contribution < -0.4 is 10.3 Å². The standard InChI is InChI=1S/C12H10ClNO4/c1-6(15)18-11-10(16)9-7(13)4-3-5-8(9)14(2)12(11)17/h3-5,16H,1-2H3. The minimum absolute atomic E-state index is 0.272. The Labute approximate surface area is 107 Å². The number of esters is 1. The fraction of sp³-hybridized carbons (Fsp3) is 0.167. The lowest BCUT2D eigenvalue weighted by atomic mass is 10.2. The summed E-state index contributed by atoms with van der Waals surface area (Å²) in [6, 6.07) is 4.88. The number of rotatable bonds is 1. The molecule has 1 aromatic carbocycles. The smallest absolute Gasteiger partial charge is 0.308 e. The first-order valence-electron chi connectivity index (χ1n) is 5.12. The van der Waals surface area contributed by atoms with Crippen molar-refractivity contribution in [3.05, 3.63) is 33.6 Å². The number of pyridine rings is 1. The molecule has 0 aliphatic carbocycles. The summed E-state index contributed by atoms with van der Waals surface area (Å²) in [6.45, 7) is 1.15. The van der Waals surface area contributed by atoms with Gasteiger partial charge in [0.1, 0.15) is 0 Å². The maximum Gasteiger partial charge on any atom is 0.308 e. The number of aromatic nitrogens is 1. The van der Waals surface area contributed by atoms with Gasteiger partial charge in [0.2, 0.25) is 5.75 Å². The number of hydrogen-bond donors (Lipinski definition) is 1. The van der Waals surface area contributed by atoms with E-state index < -0.39 is 23.0 Å². The molecule has 94 valence electrons. The zero-order valence-corrected chi connectivity index (χ0v) is 10.5. The van der Waals surface area contributed by atoms with Crippen LogP contribution in [-0.2, 0) is 11.8 Å². The number of hydrogen-bond acceptors (Lipinski definition) is 4. The van der Waals surface area contributed by atoms with Gasteiger partial charge < -0.3 is 14.4 Å². The maximum atomic E-state index is 11.9. The van der Waals surface area contributed by atoms with Crippen LogP contribution in [0.15, 0.2) is 23.0 Å². The molecule has 1 N–H and O–H groups in total. The molecule has 5 nitrogen and oxygen atoms in total. The Hall–Kier alpha value is -2.01. The molecule has 0 spiro atoms. The normalized spacial score (nSPS) is 10.6. The van der Waals surface area contributed by atoms with Crippen molar-refractivity contribution in [3.8, 4) is 11.5 Å². The highest BCUT2D eigenvalue weighted by Gasteiger charge is 2.19. The van der Waals surface area contributed by atoms with E-state index in [1.54, 1.807) is 18.2 Å². The average Bonchev–Trinajstić information content (AvgIpc) is 2.31. The predicted molar refractivity (Wildman–Crippen MR) is 67.2 cm³/mol. The lowest BCUT2D eigenvalue weighted by Gasteiger charge is -2.11. The van der Waals surface area contributed by atoms with E-state index in [9.17, 15) is 14.7 Å². The molecule has 0 saturated carbocycles. The molecule has 0 bridgehead atoms. The van der Waals surface area contributed by atoms with Gasteiger partial charge in [0.15, 0.2) is 5.75 Å². The lowest BCUT2D eigenvalue weighted by Crippen LogP contribution is -2.21. The Balaban J connectivity index is 2.94. The van der Waals surface area contributed by atoms with Crippen molar-refractivity contribution >= 4 is 28.5 Å². The van der Waals surface area contributed by atoms with E-state index in [0.717, 1.165) is 6.92 Å². The molecule has 0 unspecified atom stereocenters. The first-order valence-corrected chi connectivity index (χ1v) is 5.50. The predicted octanol–water partition coefficient (Wildman–Crippen LogP) is 1.82. The Morgan fingerprint density at radius 2 is 2.11 bits per heavy atom. The summed E-state index contributed by atoms with van der Waals surface area (Å²) in [5.41, 5.74) is -0.140. The second kappa shape index (κ2) is 4.34. The third-order valence-corrected chi connectivity index (χ3v) is 2.86. The fourth-order valence-corrected chi connectivity index (χ4v) is 2.00. The number of aryl methyl sites for hydroxylation is 1. The van der Waals surface area contributed by atoms with Crippen LogP contribution in [0.3, 0.4) is 0 Å². The summed E-state index contributed by atoms with van der Waals surface area (Å²) >= 11 is 5.98. The highest BCUT2D eigenvalue weighted by molar-refractivity contribution is 6.36. The number of nitrogens with zero attached hydrogens (tertiary/aromatic N) is 1. The molecule has 0 amide bonds. The van der Waals surface area contributed by atoms with E-state index in [1.165, 1.54) is 11.6 Å². The number of ether oxygens (including phenoxy) is 1. The van der Waals surface area contributed by atoms with Gasteiger partial charge in [-0.1, -0.05) is 17.7 Å². The Kier molecular flexibility index (Phi) is 3.00. The highest BCUT2D eigenvalue weighted by atomic mass is 35.5. The van der Waals surface area contributed by atoms with Gasteiger partial charge in [0, 0.05) is 14.0 Å². The third kappa shape index (κ3) is 1.82. The quantitative estimate of drug-likeness (QED) is 0.800. The zero-order valence-electron chi connectivity index (χ0n) is 9.73. The zero-order chi connectivity index (χ0) is 13.4. The topological polar surface area (TPSA) is 68.5 Å². The van der Waals surface area contributed by atoms with Gasteiger partial charge in [-0.15, -0.1) is 0 Å². The molecule has 0 aliphatic rings. The van der Waals surface area contributed by atoms with E-state index in [4.69, 9.17) is 16.3 Å². The fourth-order valence-electron chi connectivity index (χ4n) is 1.74. The van der Waals surface area contributed by atoms with Gasteiger partial charge >= 0.3 is 5.97 Å². The Bertz CT molecular complexity index is 705. The second-order valence-electron chi connectivity index (χ2n) is 3.77. The van der Waals surface area contributed by atoms with Crippen LogP contribution in [0.5, 0.6) is 11.5 Å². The maximum absolute atomic E-state index is 11.9. The van der Waals surface area contributed by atoms with Crippen LogP contribution in [0, 0.1) is 0 Å². The van der Waals surface area contributed by atoms with E-state index in [2.05, 4.69) is 0 Å². The molecule has 6 heteroatoms. The molecule has 0 aliphatic heterocycles. The highest BCUT2D eigenvalue weighted by Crippen LogP contribution is 2.35. The van der Waals surface area contributed by atoms with E-state index in [1.807, 2.05) is 0 Å². The molecule has 0 atom stereocenters. The van der Waals surface area contributed by atoms with Crippen molar-refractivity contribution in [3.63, 3.8) is 0 Å². The van der Waals surface area contributed by atoms with Crippen molar-refractivity contribution in [1.82, 2.24) is 4.57 Å². The van der Waals surface area contributed by atoms with Gasteiger partial charge in [0.05, 0.1) is 15.9 Å². The SMILES string of the molecule is CC(=O)Oc1c(O)c2c(Cl)cccc2n(C)c1=O. The number of carbonyl (C=O) groups excluding carboxylic acids is 1. The second-order valence-corrected chi connectivity index (χ2v) is 4.18. The van der Waals surface area contributed by atoms with Crippen LogP contribution >= 0.6 is 11.6 Å². The van der Waals surface area contributed by atoms with E-state index in [0.29, 0.717) is 5.52 Å². The first kappa shape index (κ1) is 12.4. The summed E-state index contributed by atoms with van der Waals surface area (Å²) in [6.07, 6.45) is 0. The summed E-state index contributed by atoms with van der Waals surface area (Å²) in [5.74, 6) is -1.52. The van der Waals surface area contributed by atoms with Crippen molar-refractivity contribution in [1.29, 1.82) is 0 Å². The summed E-state index contributed by atoms with van der Waals surface area (Å²) in [4.78, 5) is 22.9. The molecule has 2 rings (SSSR count). The number of fused-ring (bicyclic) bond motifs is 1. The van der Waals surface area contributed by atoms with Crippen molar-refractivity contribution in [2.45, 2.75) is 6.92 Å². The summed E-state index contributed by atoms with van der Waals surface area (Å²) in [7, 11) is 1.51. The van der Waals surface area contributed by atoms with Gasteiger partial charge in [-0.05, 0) is 12.1 Å². The molecular weight excluding hydrogens is 258 g/mol. The first-order chi connectivity index (χ1) is 8.43. The summed E-state index contributed by atoms with van der Waals surface area (Å²) < 4.78 is 6.00. The van der Waals surface area contributed by atoms with Crippen LogP contribution in [0.4, 0.5) is 0 Å². The van der Waals surface area contributed by atoms with Gasteiger partial charge in [-0.2, -0.15) is 0 Å². The summed E-state index contributed by atoms with van der Waals surface area (Å²) in [5, 5.41) is 10.6. The van der Waals surface area contributed by atoms with Crippen LogP contribution in [-0.4, -0.2) is 15.6 Å². The van der Waals surface area contributed by atoms with Crippen LogP contribution in [0.2, 0.25) is 5.02 Å². The molecule has 0 fully saturated rings.